The van der Waals surface area contributed by atoms with E-state index in [2.05, 4.69) is 26.4 Å². The highest BCUT2D eigenvalue weighted by atomic mass is 16.5. The zero-order chi connectivity index (χ0) is 25.3. The van der Waals surface area contributed by atoms with Crippen molar-refractivity contribution < 1.29 is 23.5 Å². The smallest absolute Gasteiger partial charge is 0.241 e. The summed E-state index contributed by atoms with van der Waals surface area (Å²) in [7, 11) is 4.87. The Morgan fingerprint density at radius 1 is 1.08 bits per heavy atom. The molecule has 0 spiro atoms. The van der Waals surface area contributed by atoms with Crippen molar-refractivity contribution in [3.8, 4) is 28.6 Å². The monoisotopic (exact) mass is 494 g/mol. The van der Waals surface area contributed by atoms with E-state index in [4.69, 9.17) is 18.7 Å². The molecule has 0 bridgehead atoms. The molecule has 0 radical (unpaired) electrons. The van der Waals surface area contributed by atoms with Crippen molar-refractivity contribution in [3.63, 3.8) is 0 Å². The van der Waals surface area contributed by atoms with Crippen LogP contribution in [-0.4, -0.2) is 61.9 Å². The maximum Gasteiger partial charge on any atom is 0.241 e. The molecule has 1 unspecified atom stereocenters. The lowest BCUT2D eigenvalue weighted by Gasteiger charge is -2.30. The molecule has 1 aliphatic rings. The molecule has 1 amide bonds. The van der Waals surface area contributed by atoms with Crippen molar-refractivity contribution in [3.05, 3.63) is 53.9 Å². The lowest BCUT2D eigenvalue weighted by Crippen LogP contribution is -2.43. The number of nitrogens with zero attached hydrogens (tertiary/aromatic N) is 3. The fourth-order valence-corrected chi connectivity index (χ4v) is 4.56. The number of amides is 1. The van der Waals surface area contributed by atoms with Crippen molar-refractivity contribution in [2.45, 2.75) is 32.2 Å². The lowest BCUT2D eigenvalue weighted by molar-refractivity contribution is -0.126. The second-order valence-corrected chi connectivity index (χ2v) is 8.86. The van der Waals surface area contributed by atoms with Crippen LogP contribution in [0.1, 0.15) is 30.7 Å². The zero-order valence-corrected chi connectivity index (χ0v) is 21.2. The van der Waals surface area contributed by atoms with Gasteiger partial charge in [-0.1, -0.05) is 23.4 Å². The molecule has 1 N–H and O–H groups in total. The van der Waals surface area contributed by atoms with Crippen molar-refractivity contribution in [2.24, 2.45) is 5.92 Å². The third-order valence-electron chi connectivity index (χ3n) is 6.46. The van der Waals surface area contributed by atoms with Crippen molar-refractivity contribution in [1.82, 2.24) is 20.4 Å². The van der Waals surface area contributed by atoms with Crippen LogP contribution in [0.25, 0.3) is 11.4 Å². The van der Waals surface area contributed by atoms with E-state index in [1.807, 2.05) is 36.4 Å². The molecule has 9 nitrogen and oxygen atoms in total. The highest BCUT2D eigenvalue weighted by molar-refractivity contribution is 5.78. The standard InChI is InChI=1S/C27H34N4O5/c1-33-22-11-5-4-8-19(22)9-6-14-28-27(32)21-10-7-15-31(17-21)18-25-29-26(30-36-25)20-12-13-23(34-2)24(16-20)35-3/h4-5,8,11-13,16,21H,6-7,9-10,14-15,17-18H2,1-3H3,(H,28,32). The van der Waals surface area contributed by atoms with Gasteiger partial charge in [-0.3, -0.25) is 9.69 Å². The van der Waals surface area contributed by atoms with Crippen LogP contribution in [0.4, 0.5) is 0 Å². The average molecular weight is 495 g/mol. The summed E-state index contributed by atoms with van der Waals surface area (Å²) in [5, 5.41) is 7.24. The summed E-state index contributed by atoms with van der Waals surface area (Å²) in [5.74, 6) is 3.22. The topological polar surface area (TPSA) is 99.0 Å². The lowest BCUT2D eigenvalue weighted by atomic mass is 9.97. The number of ether oxygens (including phenoxy) is 3. The molecule has 1 aromatic heterocycles. The van der Waals surface area contributed by atoms with Gasteiger partial charge >= 0.3 is 0 Å². The molecule has 0 saturated carbocycles. The predicted molar refractivity (Wildman–Crippen MR) is 135 cm³/mol. The number of nitrogens with one attached hydrogen (secondary N) is 1. The van der Waals surface area contributed by atoms with Crippen LogP contribution in [-0.2, 0) is 17.8 Å². The van der Waals surface area contributed by atoms with Crippen molar-refractivity contribution >= 4 is 5.91 Å². The summed E-state index contributed by atoms with van der Waals surface area (Å²) >= 11 is 0. The molecule has 2 aromatic carbocycles. The summed E-state index contributed by atoms with van der Waals surface area (Å²) in [5.41, 5.74) is 1.94. The molecule has 2 heterocycles. The Bertz CT molecular complexity index is 1150. The van der Waals surface area contributed by atoms with E-state index in [1.165, 1.54) is 0 Å². The first-order valence-electron chi connectivity index (χ1n) is 12.3. The van der Waals surface area contributed by atoms with Gasteiger partial charge < -0.3 is 24.1 Å². The maximum absolute atomic E-state index is 12.8. The first-order valence-corrected chi connectivity index (χ1v) is 12.3. The second-order valence-electron chi connectivity index (χ2n) is 8.86. The Balaban J connectivity index is 1.26. The number of likely N-dealkylation sites (tertiary alicyclic amines) is 1. The van der Waals surface area contributed by atoms with Gasteiger partial charge in [0.1, 0.15) is 5.75 Å². The second kappa shape index (κ2) is 12.4. The Kier molecular flexibility index (Phi) is 8.78. The quantitative estimate of drug-likeness (QED) is 0.403. The molecule has 36 heavy (non-hydrogen) atoms. The molecule has 9 heteroatoms. The maximum atomic E-state index is 12.8. The minimum Gasteiger partial charge on any atom is -0.496 e. The number of methoxy groups -OCH3 is 3. The predicted octanol–water partition coefficient (Wildman–Crippen LogP) is 3.72. The number of benzene rings is 2. The highest BCUT2D eigenvalue weighted by Crippen LogP contribution is 2.31. The first kappa shape index (κ1) is 25.5. The summed E-state index contributed by atoms with van der Waals surface area (Å²) < 4.78 is 21.6. The Morgan fingerprint density at radius 3 is 2.69 bits per heavy atom. The first-order chi connectivity index (χ1) is 17.6. The third-order valence-corrected chi connectivity index (χ3v) is 6.46. The van der Waals surface area contributed by atoms with Crippen LogP contribution in [0.2, 0.25) is 0 Å². The van der Waals surface area contributed by atoms with E-state index in [9.17, 15) is 4.79 Å². The van der Waals surface area contributed by atoms with E-state index < -0.39 is 0 Å². The SMILES string of the molecule is COc1ccccc1CCCNC(=O)C1CCCN(Cc2nc(-c3ccc(OC)c(OC)c3)no2)C1. The van der Waals surface area contributed by atoms with Gasteiger partial charge in [-0.25, -0.2) is 0 Å². The van der Waals surface area contributed by atoms with E-state index in [0.29, 0.717) is 42.8 Å². The molecular weight excluding hydrogens is 460 g/mol. The van der Waals surface area contributed by atoms with Gasteiger partial charge in [0, 0.05) is 18.7 Å². The number of para-hydroxylation sites is 1. The fourth-order valence-electron chi connectivity index (χ4n) is 4.56. The Labute approximate surface area is 211 Å². The van der Waals surface area contributed by atoms with E-state index in [1.54, 1.807) is 21.3 Å². The number of aryl methyl sites for hydroxylation is 1. The average Bonchev–Trinajstić information content (AvgIpc) is 3.39. The molecule has 1 fully saturated rings. The molecule has 192 valence electrons. The van der Waals surface area contributed by atoms with Gasteiger partial charge in [0.05, 0.1) is 33.8 Å². The van der Waals surface area contributed by atoms with Crippen molar-refractivity contribution in [2.75, 3.05) is 41.0 Å². The number of rotatable bonds is 11. The molecular formula is C27H34N4O5. The van der Waals surface area contributed by atoms with Gasteiger partial charge in [0.25, 0.3) is 0 Å². The summed E-state index contributed by atoms with van der Waals surface area (Å²) in [6.45, 7) is 2.72. The Morgan fingerprint density at radius 2 is 1.89 bits per heavy atom. The molecule has 3 aromatic rings. The number of aromatic nitrogens is 2. The zero-order valence-electron chi connectivity index (χ0n) is 21.2. The van der Waals surface area contributed by atoms with E-state index in [0.717, 1.165) is 49.1 Å². The van der Waals surface area contributed by atoms with Gasteiger partial charge in [0.15, 0.2) is 11.5 Å². The number of hydrogen-bond acceptors (Lipinski definition) is 8. The normalized spacial score (nSPS) is 15.9. The fraction of sp³-hybridized carbons (Fsp3) is 0.444. The molecule has 4 rings (SSSR count). The van der Waals surface area contributed by atoms with Crippen molar-refractivity contribution in [1.29, 1.82) is 0 Å². The van der Waals surface area contributed by atoms with Crippen LogP contribution in [0.15, 0.2) is 47.0 Å². The minimum atomic E-state index is -0.0433. The molecule has 0 aliphatic carbocycles. The van der Waals surface area contributed by atoms with Gasteiger partial charge in [-0.05, 0) is 62.1 Å². The minimum absolute atomic E-state index is 0.0433. The number of hydrogen-bond donors (Lipinski definition) is 1. The van der Waals surface area contributed by atoms with Gasteiger partial charge in [-0.15, -0.1) is 0 Å². The molecule has 1 saturated heterocycles. The highest BCUT2D eigenvalue weighted by Gasteiger charge is 2.27. The van der Waals surface area contributed by atoms with E-state index in [-0.39, 0.29) is 11.8 Å². The van der Waals surface area contributed by atoms with Crippen LogP contribution < -0.4 is 19.5 Å². The summed E-state index contributed by atoms with van der Waals surface area (Å²) in [6.07, 6.45) is 3.57. The number of carbonyl (C=O) groups is 1. The largest absolute Gasteiger partial charge is 0.496 e. The molecule has 1 aliphatic heterocycles. The Hall–Kier alpha value is -3.59. The van der Waals surface area contributed by atoms with Crippen LogP contribution in [0.3, 0.4) is 0 Å². The van der Waals surface area contributed by atoms with Crippen LogP contribution in [0, 0.1) is 5.92 Å². The summed E-state index contributed by atoms with van der Waals surface area (Å²) in [6, 6.07) is 13.5. The van der Waals surface area contributed by atoms with Gasteiger partial charge in [-0.2, -0.15) is 4.98 Å². The van der Waals surface area contributed by atoms with E-state index >= 15 is 0 Å². The van der Waals surface area contributed by atoms with Crippen LogP contribution >= 0.6 is 0 Å². The van der Waals surface area contributed by atoms with Gasteiger partial charge in [0.2, 0.25) is 17.6 Å². The third kappa shape index (κ3) is 6.34. The number of carbonyl (C=O) groups excluding carboxylic acids is 1. The number of piperidine rings is 1. The molecule has 1 atom stereocenters. The summed E-state index contributed by atoms with van der Waals surface area (Å²) in [4.78, 5) is 19.6. The van der Waals surface area contributed by atoms with Crippen LogP contribution in [0.5, 0.6) is 17.2 Å².